The van der Waals surface area contributed by atoms with Crippen LogP contribution in [0.15, 0.2) is 0 Å². The predicted molar refractivity (Wildman–Crippen MR) is 214 cm³/mol. The van der Waals surface area contributed by atoms with Crippen LogP contribution in [0.3, 0.4) is 0 Å². The predicted octanol–water partition coefficient (Wildman–Crippen LogP) is -11.2. The van der Waals surface area contributed by atoms with Gasteiger partial charge in [0.2, 0.25) is 0 Å². The molecule has 22 rings (SSSR count). The average molecular weight is 1030 g/mol. The molecule has 0 radical (unpaired) electrons. The van der Waals surface area contributed by atoms with Crippen LogP contribution in [0.5, 0.6) is 0 Å². The van der Waals surface area contributed by atoms with Crippen molar-refractivity contribution in [2.45, 2.75) is 204 Å². The van der Waals surface area contributed by atoms with Crippen molar-refractivity contribution in [3.05, 3.63) is 0 Å². The van der Waals surface area contributed by atoms with Gasteiger partial charge >= 0.3 is 0 Å². The maximum Gasteiger partial charge on any atom is 0.187 e. The lowest BCUT2D eigenvalue weighted by atomic mass is 9.94. The lowest BCUT2D eigenvalue weighted by Crippen LogP contribution is -2.69. The molecule has 30 nitrogen and oxygen atoms in total. The zero-order valence-electron chi connectivity index (χ0n) is 37.6. The van der Waals surface area contributed by atoms with Crippen molar-refractivity contribution in [1.82, 2.24) is 0 Å². The highest BCUT2D eigenvalue weighted by Crippen LogP contribution is 2.38. The van der Waals surface area contributed by atoms with E-state index >= 15 is 0 Å². The van der Waals surface area contributed by atoms with Gasteiger partial charge in [-0.2, -0.15) is 0 Å². The maximum atomic E-state index is 11.7. The van der Waals surface area contributed by atoms with E-state index < -0.39 is 224 Å². The topological polar surface area (TPSA) is 464 Å². The summed E-state index contributed by atoms with van der Waals surface area (Å²) in [6.45, 7) is -4.00. The Kier molecular flexibility index (Phi) is 19.9. The minimum absolute atomic E-state index is 0.0373. The Hall–Kier alpha value is -1.20. The molecule has 30 atom stereocenters. The molecule has 22 aliphatic heterocycles. The Morgan fingerprint density at radius 2 is 0.500 bits per heavy atom. The van der Waals surface area contributed by atoms with E-state index in [0.717, 1.165) is 0 Å². The summed E-state index contributed by atoms with van der Waals surface area (Å²) in [6, 6.07) is 0. The van der Waals surface area contributed by atoms with Crippen LogP contribution in [0, 0.1) is 0 Å². The quantitative estimate of drug-likeness (QED) is 0.0904. The summed E-state index contributed by atoms with van der Waals surface area (Å²) < 4.78 is 75.4. The largest absolute Gasteiger partial charge is 0.394 e. The molecule has 0 saturated carbocycles. The Labute approximate surface area is 398 Å². The standard InChI is InChI=1S/C40H68O30/c1-2-3-4-58-34-27(57)40-64-16(10-46)33(34)70-39-26(56)21(51)31(14(8-44)63-39)68-37-24(54)19(49)29(12(6-42)61-37)66-35-22(52)17(47)28(11(5-41)59-35)65-36-23(53)18(48)30(13(7-43)60-36)67-38-25(55)20(50)32(69-40)15(9-45)62-38/h11-57H,2-10H2,1H3/t11-,12-,13-,14-,15-,16-,17-,18-,19-,20-,21-,22-,23-,24-,25-,26-,27-,28-,29-,30-,31-,32-,33+,34-,35-,36-,37-,38-,39-,40-/m1/s1. The third-order valence-electron chi connectivity index (χ3n) is 13.5. The first-order valence-electron chi connectivity index (χ1n) is 23.1. The van der Waals surface area contributed by atoms with Crippen LogP contribution in [0.1, 0.15) is 19.8 Å². The molecular formula is C40H68O30. The van der Waals surface area contributed by atoms with Crippen molar-refractivity contribution < 1.29 is 148 Å². The first kappa shape index (κ1) is 56.5. The number of unbranched alkanes of at least 4 members (excludes halogenated alkanes) is 1. The second-order valence-electron chi connectivity index (χ2n) is 18.0. The molecule has 0 aromatic carbocycles. The number of hydrogen-bond acceptors (Lipinski definition) is 30. The second kappa shape index (κ2) is 24.6. The molecule has 12 bridgehead atoms. The lowest BCUT2D eigenvalue weighted by molar-refractivity contribution is -0.404. The van der Waals surface area contributed by atoms with Crippen LogP contribution in [-0.2, 0) is 61.6 Å². The minimum Gasteiger partial charge on any atom is -0.394 e. The summed E-state index contributed by atoms with van der Waals surface area (Å²) in [6.07, 6.45) is -55.5. The molecule has 70 heavy (non-hydrogen) atoms. The fraction of sp³-hybridized carbons (Fsp3) is 1.00. The van der Waals surface area contributed by atoms with Crippen molar-refractivity contribution in [3.8, 4) is 0 Å². The van der Waals surface area contributed by atoms with E-state index in [4.69, 9.17) is 61.6 Å². The molecule has 0 amide bonds. The summed E-state index contributed by atoms with van der Waals surface area (Å²) in [5.41, 5.74) is 0. The Morgan fingerprint density at radius 3 is 0.729 bits per heavy atom. The first-order valence-corrected chi connectivity index (χ1v) is 23.1. The molecule has 22 saturated heterocycles. The lowest BCUT2D eigenvalue weighted by Gasteiger charge is -2.51. The van der Waals surface area contributed by atoms with Gasteiger partial charge in [0, 0.05) is 6.61 Å². The van der Waals surface area contributed by atoms with Crippen LogP contribution < -0.4 is 0 Å². The highest BCUT2D eigenvalue weighted by molar-refractivity contribution is 5.01. The van der Waals surface area contributed by atoms with Crippen LogP contribution in [0.2, 0.25) is 0 Å². The van der Waals surface area contributed by atoms with Crippen LogP contribution >= 0.6 is 0 Å². The van der Waals surface area contributed by atoms with E-state index in [1.54, 1.807) is 0 Å². The highest BCUT2D eigenvalue weighted by Gasteiger charge is 2.59. The third kappa shape index (κ3) is 11.3. The van der Waals surface area contributed by atoms with Crippen molar-refractivity contribution in [1.29, 1.82) is 0 Å². The van der Waals surface area contributed by atoms with Crippen molar-refractivity contribution >= 4 is 0 Å². The first-order chi connectivity index (χ1) is 33.5. The average Bonchev–Trinajstić information content (AvgIpc) is 3.35. The van der Waals surface area contributed by atoms with E-state index in [9.17, 15) is 86.8 Å². The van der Waals surface area contributed by atoms with E-state index in [2.05, 4.69) is 0 Å². The highest BCUT2D eigenvalue weighted by atomic mass is 16.8. The Morgan fingerprint density at radius 1 is 0.286 bits per heavy atom. The maximum absolute atomic E-state index is 11.7. The number of aliphatic hydroxyl groups excluding tert-OH is 17. The SMILES string of the molecule is CCCCO[C@@H]1[C@@H](O)[C@H]2O[C@H]3[C@H](O)[C@@H](O)[C@@H](O[C@H]4[C@H](O)[C@@H](O)[C@@H](O[C@H]5[C@H](O)[C@@H](O)[C@@H](O[C@H]6[C@H](O)[C@@H](O)[C@@H](O[C@H]7[C@H](O)[C@@H](O)[C@@H](O[C@H]1[C@@H](CO)O2)O[C@@H]7CO)O[C@@H]6CO)O[C@@H]5CO)O[C@@H]4CO)O[C@@H]3CO. The molecule has 0 unspecified atom stereocenters. The zero-order chi connectivity index (χ0) is 50.9. The molecule has 22 heterocycles. The summed E-state index contributed by atoms with van der Waals surface area (Å²) in [7, 11) is 0. The molecular weight excluding hydrogens is 960 g/mol. The smallest absolute Gasteiger partial charge is 0.187 e. The fourth-order valence-electron chi connectivity index (χ4n) is 9.47. The monoisotopic (exact) mass is 1030 g/mol. The fourth-order valence-corrected chi connectivity index (χ4v) is 9.47. The second-order valence-corrected chi connectivity index (χ2v) is 18.0. The van der Waals surface area contributed by atoms with Crippen LogP contribution in [0.4, 0.5) is 0 Å². The molecule has 30 heteroatoms. The number of aliphatic hydroxyl groups is 17. The van der Waals surface area contributed by atoms with Gasteiger partial charge in [0.25, 0.3) is 0 Å². The minimum atomic E-state index is -2.14. The normalized spacial score (nSPS) is 52.9. The number of rotatable bonds is 10. The van der Waals surface area contributed by atoms with Crippen LogP contribution in [-0.4, -0.2) is 317 Å². The summed E-state index contributed by atoms with van der Waals surface area (Å²) >= 11 is 0. The van der Waals surface area contributed by atoms with E-state index in [-0.39, 0.29) is 6.61 Å². The van der Waals surface area contributed by atoms with Gasteiger partial charge in [-0.25, -0.2) is 0 Å². The summed E-state index contributed by atoms with van der Waals surface area (Å²) in [5.74, 6) is 0. The van der Waals surface area contributed by atoms with Gasteiger partial charge in [-0.05, 0) is 6.42 Å². The van der Waals surface area contributed by atoms with Gasteiger partial charge in [-0.1, -0.05) is 13.3 Å². The number of hydrogen-bond donors (Lipinski definition) is 17. The van der Waals surface area contributed by atoms with E-state index in [1.165, 1.54) is 0 Å². The number of ether oxygens (including phenoxy) is 13. The molecule has 408 valence electrons. The summed E-state index contributed by atoms with van der Waals surface area (Å²) in [5, 5.41) is 187. The Bertz CT molecular complexity index is 1580. The van der Waals surface area contributed by atoms with Crippen molar-refractivity contribution in [2.75, 3.05) is 46.2 Å². The molecule has 22 fully saturated rings. The zero-order valence-corrected chi connectivity index (χ0v) is 37.6. The van der Waals surface area contributed by atoms with Gasteiger partial charge < -0.3 is 148 Å². The molecule has 0 spiro atoms. The molecule has 0 aromatic heterocycles. The van der Waals surface area contributed by atoms with Gasteiger partial charge in [-0.3, -0.25) is 0 Å². The molecule has 0 aliphatic carbocycles. The van der Waals surface area contributed by atoms with Gasteiger partial charge in [-0.15, -0.1) is 0 Å². The van der Waals surface area contributed by atoms with E-state index in [0.29, 0.717) is 12.8 Å². The summed E-state index contributed by atoms with van der Waals surface area (Å²) in [4.78, 5) is 0. The van der Waals surface area contributed by atoms with Crippen molar-refractivity contribution in [3.63, 3.8) is 0 Å². The van der Waals surface area contributed by atoms with Crippen LogP contribution in [0.25, 0.3) is 0 Å². The van der Waals surface area contributed by atoms with E-state index in [1.807, 2.05) is 6.92 Å². The van der Waals surface area contributed by atoms with Crippen molar-refractivity contribution in [2.24, 2.45) is 0 Å². The van der Waals surface area contributed by atoms with Gasteiger partial charge in [0.05, 0.1) is 39.6 Å². The molecule has 0 aromatic rings. The van der Waals surface area contributed by atoms with Gasteiger partial charge in [0.1, 0.15) is 146 Å². The van der Waals surface area contributed by atoms with Gasteiger partial charge in [0.15, 0.2) is 37.7 Å². The molecule has 22 aliphatic rings. The Balaban J connectivity index is 1.21. The third-order valence-corrected chi connectivity index (χ3v) is 13.5. The molecule has 17 N–H and O–H groups in total.